The Labute approximate surface area is 155 Å². The first-order valence-electron chi connectivity index (χ1n) is 8.60. The first-order chi connectivity index (χ1) is 12.3. The minimum atomic E-state index is -4.01. The molecule has 2 aromatic carbocycles. The molecule has 0 atom stereocenters. The Morgan fingerprint density at radius 2 is 1.31 bits per heavy atom. The lowest BCUT2D eigenvalue weighted by atomic mass is 9.84. The number of rotatable bonds is 5. The molecule has 3 rings (SSSR count). The molecule has 0 aromatic heterocycles. The lowest BCUT2D eigenvalue weighted by molar-refractivity contribution is 0.443. The van der Waals surface area contributed by atoms with Gasteiger partial charge in [-0.3, -0.25) is 0 Å². The van der Waals surface area contributed by atoms with E-state index in [1.165, 1.54) is 61.9 Å². The largest absolute Gasteiger partial charge is 0.379 e. The second-order valence-corrected chi connectivity index (χ2v) is 10.2. The van der Waals surface area contributed by atoms with E-state index in [1.54, 1.807) is 12.1 Å². The van der Waals surface area contributed by atoms with Crippen LogP contribution >= 0.6 is 0 Å². The maximum atomic E-state index is 12.4. The van der Waals surface area contributed by atoms with Gasteiger partial charge in [-0.1, -0.05) is 31.4 Å². The zero-order valence-corrected chi connectivity index (χ0v) is 16.2. The van der Waals surface area contributed by atoms with Gasteiger partial charge in [-0.25, -0.2) is 8.42 Å². The van der Waals surface area contributed by atoms with Gasteiger partial charge in [-0.05, 0) is 60.7 Å². The van der Waals surface area contributed by atoms with Crippen molar-refractivity contribution in [2.24, 2.45) is 0 Å². The molecule has 140 valence electrons. The number of sulfone groups is 1. The highest BCUT2D eigenvalue weighted by Crippen LogP contribution is 2.33. The maximum absolute atomic E-state index is 12.4. The molecule has 0 spiro atoms. The predicted molar refractivity (Wildman–Crippen MR) is 99.6 cm³/mol. The third-order valence-corrected chi connectivity index (χ3v) is 7.09. The van der Waals surface area contributed by atoms with Crippen molar-refractivity contribution in [3.63, 3.8) is 0 Å². The molecule has 0 amide bonds. The van der Waals surface area contributed by atoms with E-state index in [4.69, 9.17) is 4.18 Å². The molecule has 1 saturated carbocycles. The molecule has 1 aliphatic carbocycles. The van der Waals surface area contributed by atoms with Crippen LogP contribution in [0, 0.1) is 0 Å². The molecule has 0 saturated heterocycles. The van der Waals surface area contributed by atoms with Gasteiger partial charge < -0.3 is 4.18 Å². The van der Waals surface area contributed by atoms with Crippen molar-refractivity contribution in [2.45, 2.75) is 47.8 Å². The summed E-state index contributed by atoms with van der Waals surface area (Å²) in [7, 11) is -7.38. The molecule has 1 fully saturated rings. The third kappa shape index (κ3) is 4.45. The summed E-state index contributed by atoms with van der Waals surface area (Å²) in [6, 6.07) is 12.2. The molecule has 7 heteroatoms. The van der Waals surface area contributed by atoms with Gasteiger partial charge in [0, 0.05) is 6.26 Å². The highest BCUT2D eigenvalue weighted by atomic mass is 32.2. The van der Waals surface area contributed by atoms with Crippen molar-refractivity contribution in [2.75, 3.05) is 6.26 Å². The standard InChI is InChI=1S/C19H22O5S2/c1-25(20,21)18-11-13-19(14-12-18)26(22,23)24-17-9-7-16(8-10-17)15-5-3-2-4-6-15/h7-15H,2-6H2,1H3. The lowest BCUT2D eigenvalue weighted by Crippen LogP contribution is -2.10. The number of hydrogen-bond donors (Lipinski definition) is 0. The van der Waals surface area contributed by atoms with E-state index in [0.29, 0.717) is 5.92 Å². The molecule has 26 heavy (non-hydrogen) atoms. The molecule has 0 unspecified atom stereocenters. The van der Waals surface area contributed by atoms with Crippen LogP contribution in [0.3, 0.4) is 0 Å². The molecule has 0 aliphatic heterocycles. The Morgan fingerprint density at radius 3 is 1.85 bits per heavy atom. The molecule has 0 heterocycles. The smallest absolute Gasteiger partial charge is 0.339 e. The third-order valence-electron chi connectivity index (χ3n) is 4.70. The fourth-order valence-electron chi connectivity index (χ4n) is 3.26. The van der Waals surface area contributed by atoms with Crippen molar-refractivity contribution in [1.82, 2.24) is 0 Å². The summed E-state index contributed by atoms with van der Waals surface area (Å²) in [6.45, 7) is 0. The molecular weight excluding hydrogens is 372 g/mol. The van der Waals surface area contributed by atoms with Crippen LogP contribution in [0.4, 0.5) is 0 Å². The predicted octanol–water partition coefficient (Wildman–Crippen LogP) is 3.91. The van der Waals surface area contributed by atoms with E-state index in [-0.39, 0.29) is 15.5 Å². The van der Waals surface area contributed by atoms with Crippen LogP contribution in [0.1, 0.15) is 43.6 Å². The quantitative estimate of drug-likeness (QED) is 0.719. The molecule has 2 aromatic rings. The zero-order valence-electron chi connectivity index (χ0n) is 14.6. The van der Waals surface area contributed by atoms with Gasteiger partial charge in [-0.2, -0.15) is 8.42 Å². The average Bonchev–Trinajstić information content (AvgIpc) is 2.62. The summed E-state index contributed by atoms with van der Waals surface area (Å²) >= 11 is 0. The first-order valence-corrected chi connectivity index (χ1v) is 11.9. The second-order valence-electron chi connectivity index (χ2n) is 6.68. The van der Waals surface area contributed by atoms with Gasteiger partial charge in [0.1, 0.15) is 10.6 Å². The molecule has 5 nitrogen and oxygen atoms in total. The van der Waals surface area contributed by atoms with E-state index < -0.39 is 20.0 Å². The van der Waals surface area contributed by atoms with E-state index in [9.17, 15) is 16.8 Å². The summed E-state index contributed by atoms with van der Waals surface area (Å²) in [4.78, 5) is -0.0189. The van der Waals surface area contributed by atoms with Crippen molar-refractivity contribution >= 4 is 20.0 Å². The number of hydrogen-bond acceptors (Lipinski definition) is 5. The average molecular weight is 395 g/mol. The van der Waals surface area contributed by atoms with Gasteiger partial charge >= 0.3 is 10.1 Å². The fraction of sp³-hybridized carbons (Fsp3) is 0.368. The van der Waals surface area contributed by atoms with Crippen LogP contribution in [0.25, 0.3) is 0 Å². The number of benzene rings is 2. The van der Waals surface area contributed by atoms with Crippen LogP contribution in [0.15, 0.2) is 58.3 Å². The zero-order chi connectivity index (χ0) is 18.8. The van der Waals surface area contributed by atoms with Crippen LogP contribution in [0.5, 0.6) is 5.75 Å². The molecular formula is C19H22O5S2. The Bertz CT molecular complexity index is 954. The van der Waals surface area contributed by atoms with Crippen molar-refractivity contribution in [3.05, 3.63) is 54.1 Å². The van der Waals surface area contributed by atoms with Crippen molar-refractivity contribution < 1.29 is 21.0 Å². The van der Waals surface area contributed by atoms with E-state index in [1.807, 2.05) is 12.1 Å². The first kappa shape index (κ1) is 18.9. The lowest BCUT2D eigenvalue weighted by Gasteiger charge is -2.22. The Morgan fingerprint density at radius 1 is 0.769 bits per heavy atom. The summed E-state index contributed by atoms with van der Waals surface area (Å²) in [5.74, 6) is 0.787. The van der Waals surface area contributed by atoms with Crippen LogP contribution in [0.2, 0.25) is 0 Å². The van der Waals surface area contributed by atoms with Gasteiger partial charge in [0.2, 0.25) is 0 Å². The van der Waals surface area contributed by atoms with Gasteiger partial charge in [-0.15, -0.1) is 0 Å². The summed E-state index contributed by atoms with van der Waals surface area (Å²) in [5.41, 5.74) is 1.21. The minimum Gasteiger partial charge on any atom is -0.379 e. The summed E-state index contributed by atoms with van der Waals surface area (Å²) < 4.78 is 52.9. The van der Waals surface area contributed by atoms with Crippen molar-refractivity contribution in [3.8, 4) is 5.75 Å². The SMILES string of the molecule is CS(=O)(=O)c1ccc(S(=O)(=O)Oc2ccc(C3CCCCC3)cc2)cc1. The summed E-state index contributed by atoms with van der Waals surface area (Å²) in [5, 5.41) is 0. The van der Waals surface area contributed by atoms with Crippen LogP contribution in [-0.2, 0) is 20.0 Å². The maximum Gasteiger partial charge on any atom is 0.339 e. The normalized spacial score (nSPS) is 16.3. The Hall–Kier alpha value is -1.86. The highest BCUT2D eigenvalue weighted by molar-refractivity contribution is 7.90. The van der Waals surface area contributed by atoms with E-state index >= 15 is 0 Å². The van der Waals surface area contributed by atoms with Crippen LogP contribution < -0.4 is 4.18 Å². The second kappa shape index (κ2) is 7.40. The van der Waals surface area contributed by atoms with Crippen LogP contribution in [-0.4, -0.2) is 23.1 Å². The van der Waals surface area contributed by atoms with E-state index in [2.05, 4.69) is 0 Å². The topological polar surface area (TPSA) is 77.5 Å². The van der Waals surface area contributed by atoms with Gasteiger partial charge in [0.15, 0.2) is 9.84 Å². The fourth-order valence-corrected chi connectivity index (χ4v) is 4.82. The van der Waals surface area contributed by atoms with Gasteiger partial charge in [0.25, 0.3) is 0 Å². The Balaban J connectivity index is 1.74. The van der Waals surface area contributed by atoms with E-state index in [0.717, 1.165) is 6.26 Å². The van der Waals surface area contributed by atoms with Crippen molar-refractivity contribution in [1.29, 1.82) is 0 Å². The molecule has 0 bridgehead atoms. The molecule has 0 N–H and O–H groups in total. The summed E-state index contributed by atoms with van der Waals surface area (Å²) in [6.07, 6.45) is 7.17. The molecule has 0 radical (unpaired) electrons. The molecule has 1 aliphatic rings. The highest BCUT2D eigenvalue weighted by Gasteiger charge is 2.19. The van der Waals surface area contributed by atoms with Gasteiger partial charge in [0.05, 0.1) is 4.90 Å². The Kier molecular flexibility index (Phi) is 5.39. The minimum absolute atomic E-state index is 0.0632. The monoisotopic (exact) mass is 394 g/mol.